The molecule has 0 radical (unpaired) electrons. The molecule has 1 aliphatic rings. The Labute approximate surface area is 39.7 Å². The van der Waals surface area contributed by atoms with Crippen molar-refractivity contribution in [3.05, 3.63) is 23.8 Å². The van der Waals surface area contributed by atoms with E-state index in [4.69, 9.17) is 0 Å². The van der Waals surface area contributed by atoms with Crippen LogP contribution in [0, 0.1) is 0 Å². The minimum absolute atomic E-state index is 0.941. The summed E-state index contributed by atoms with van der Waals surface area (Å²) in [6, 6.07) is 0. The molecule has 0 aromatic rings. The summed E-state index contributed by atoms with van der Waals surface area (Å²) in [5.74, 6) is 4.42. The van der Waals surface area contributed by atoms with Crippen molar-refractivity contribution in [2.75, 3.05) is 0 Å². The molecule has 0 atom stereocenters. The standard InChI is InChI=1S/C5H7P/c1-2-4-6-5-3-1/h2-6H,1H2. The number of rotatable bonds is 0. The van der Waals surface area contributed by atoms with Gasteiger partial charge in [-0.05, 0) is 6.42 Å². The quantitative estimate of drug-likeness (QED) is 0.407. The van der Waals surface area contributed by atoms with Gasteiger partial charge in [0.2, 0.25) is 0 Å². The molecule has 1 heteroatoms. The van der Waals surface area contributed by atoms with Gasteiger partial charge in [0.1, 0.15) is 0 Å². The summed E-state index contributed by atoms with van der Waals surface area (Å²) in [5, 5.41) is 0. The van der Waals surface area contributed by atoms with Crippen molar-refractivity contribution in [3.63, 3.8) is 0 Å². The Bertz CT molecular complexity index is 61.9. The lowest BCUT2D eigenvalue weighted by molar-refractivity contribution is 1.41. The van der Waals surface area contributed by atoms with Crippen molar-refractivity contribution >= 4 is 8.58 Å². The van der Waals surface area contributed by atoms with Gasteiger partial charge in [0.25, 0.3) is 0 Å². The molecule has 0 nitrogen and oxygen atoms in total. The highest BCUT2D eigenvalue weighted by molar-refractivity contribution is 7.45. The first-order valence-electron chi connectivity index (χ1n) is 2.06. The van der Waals surface area contributed by atoms with Gasteiger partial charge in [-0.1, -0.05) is 32.4 Å². The SMILES string of the molecule is C1=CPC=CC1. The molecular weight excluding hydrogens is 91.0 g/mol. The molecule has 1 aliphatic heterocycles. The van der Waals surface area contributed by atoms with Gasteiger partial charge in [0, 0.05) is 0 Å². The predicted octanol–water partition coefficient (Wildman–Crippen LogP) is 2.10. The molecule has 32 valence electrons. The molecule has 0 saturated carbocycles. The van der Waals surface area contributed by atoms with Gasteiger partial charge in [-0.25, -0.2) is 0 Å². The smallest absolute Gasteiger partial charge is 0.0162 e. The van der Waals surface area contributed by atoms with E-state index in [2.05, 4.69) is 23.8 Å². The van der Waals surface area contributed by atoms with E-state index < -0.39 is 0 Å². The summed E-state index contributed by atoms with van der Waals surface area (Å²) in [6.07, 6.45) is 5.53. The third-order valence-corrected chi connectivity index (χ3v) is 1.56. The third-order valence-electron chi connectivity index (χ3n) is 0.700. The zero-order valence-corrected chi connectivity index (χ0v) is 4.52. The van der Waals surface area contributed by atoms with Gasteiger partial charge in [-0.3, -0.25) is 0 Å². The lowest BCUT2D eigenvalue weighted by Crippen LogP contribution is -1.57. The van der Waals surface area contributed by atoms with Crippen LogP contribution >= 0.6 is 8.58 Å². The molecule has 0 fully saturated rings. The lowest BCUT2D eigenvalue weighted by Gasteiger charge is -1.87. The fraction of sp³-hybridized carbons (Fsp3) is 0.200. The van der Waals surface area contributed by atoms with Crippen LogP contribution in [0.25, 0.3) is 0 Å². The average molecular weight is 98.1 g/mol. The van der Waals surface area contributed by atoms with Gasteiger partial charge >= 0.3 is 0 Å². The Morgan fingerprint density at radius 1 is 1.17 bits per heavy atom. The highest BCUT2D eigenvalue weighted by Crippen LogP contribution is 2.17. The first-order valence-corrected chi connectivity index (χ1v) is 3.22. The maximum atomic E-state index is 2.21. The average Bonchev–Trinajstić information content (AvgIpc) is 1.72. The fourth-order valence-electron chi connectivity index (χ4n) is 0.406. The summed E-state index contributed by atoms with van der Waals surface area (Å²) >= 11 is 0. The van der Waals surface area contributed by atoms with Gasteiger partial charge in [-0.2, -0.15) is 0 Å². The van der Waals surface area contributed by atoms with Crippen molar-refractivity contribution in [3.8, 4) is 0 Å². The van der Waals surface area contributed by atoms with Gasteiger partial charge in [-0.15, -0.1) is 0 Å². The van der Waals surface area contributed by atoms with E-state index in [0.29, 0.717) is 0 Å². The fourth-order valence-corrected chi connectivity index (χ4v) is 1.06. The maximum Gasteiger partial charge on any atom is -0.0162 e. The van der Waals surface area contributed by atoms with Crippen molar-refractivity contribution < 1.29 is 0 Å². The summed E-state index contributed by atoms with van der Waals surface area (Å²) in [6.45, 7) is 0. The normalized spacial score (nSPS) is 18.7. The number of hydrogen-bond acceptors (Lipinski definition) is 0. The van der Waals surface area contributed by atoms with E-state index in [1.54, 1.807) is 0 Å². The van der Waals surface area contributed by atoms with Crippen molar-refractivity contribution in [1.82, 2.24) is 0 Å². The Morgan fingerprint density at radius 3 is 2.00 bits per heavy atom. The Hall–Kier alpha value is -0.0900. The van der Waals surface area contributed by atoms with Crippen LogP contribution in [0.2, 0.25) is 0 Å². The molecule has 0 aliphatic carbocycles. The van der Waals surface area contributed by atoms with Crippen LogP contribution in [-0.4, -0.2) is 0 Å². The van der Waals surface area contributed by atoms with E-state index in [1.165, 1.54) is 0 Å². The summed E-state index contributed by atoms with van der Waals surface area (Å²) in [5.41, 5.74) is 0. The van der Waals surface area contributed by atoms with Crippen LogP contribution in [0.4, 0.5) is 0 Å². The van der Waals surface area contributed by atoms with Crippen LogP contribution in [-0.2, 0) is 0 Å². The highest BCUT2D eigenvalue weighted by atomic mass is 31.1. The zero-order valence-electron chi connectivity index (χ0n) is 3.52. The molecule has 0 aromatic carbocycles. The van der Waals surface area contributed by atoms with Crippen LogP contribution in [0.3, 0.4) is 0 Å². The molecule has 0 N–H and O–H groups in total. The van der Waals surface area contributed by atoms with Crippen LogP contribution in [0.1, 0.15) is 6.42 Å². The van der Waals surface area contributed by atoms with Gasteiger partial charge in [0.15, 0.2) is 0 Å². The van der Waals surface area contributed by atoms with Crippen LogP contribution in [0.5, 0.6) is 0 Å². The number of allylic oxidation sites excluding steroid dienone is 2. The molecule has 6 heavy (non-hydrogen) atoms. The monoisotopic (exact) mass is 98.0 g/mol. The molecule has 0 saturated heterocycles. The van der Waals surface area contributed by atoms with Crippen LogP contribution in [0.15, 0.2) is 23.8 Å². The molecule has 1 heterocycles. The number of hydrogen-bond donors (Lipinski definition) is 0. The minimum atomic E-state index is 0.941. The van der Waals surface area contributed by atoms with E-state index >= 15 is 0 Å². The summed E-state index contributed by atoms with van der Waals surface area (Å²) in [7, 11) is 0.941. The molecule has 0 aromatic heterocycles. The highest BCUT2D eigenvalue weighted by Gasteiger charge is 1.75. The summed E-state index contributed by atoms with van der Waals surface area (Å²) in [4.78, 5) is 0. The second kappa shape index (κ2) is 2.15. The van der Waals surface area contributed by atoms with E-state index in [1.807, 2.05) is 0 Å². The Morgan fingerprint density at radius 2 is 1.83 bits per heavy atom. The second-order valence-electron chi connectivity index (χ2n) is 1.21. The van der Waals surface area contributed by atoms with Crippen LogP contribution < -0.4 is 0 Å². The lowest BCUT2D eigenvalue weighted by atomic mass is 10.4. The molecule has 1 rings (SSSR count). The van der Waals surface area contributed by atoms with E-state index in [-0.39, 0.29) is 0 Å². The first-order chi connectivity index (χ1) is 3.00. The topological polar surface area (TPSA) is 0 Å². The van der Waals surface area contributed by atoms with E-state index in [0.717, 1.165) is 15.0 Å². The zero-order chi connectivity index (χ0) is 4.24. The Balaban J connectivity index is 2.40. The van der Waals surface area contributed by atoms with Crippen molar-refractivity contribution in [2.45, 2.75) is 6.42 Å². The first kappa shape index (κ1) is 4.08. The molecule has 0 bridgehead atoms. The minimum Gasteiger partial charge on any atom is -0.0802 e. The molecule has 0 unspecified atom stereocenters. The Kier molecular flexibility index (Phi) is 1.46. The van der Waals surface area contributed by atoms with Crippen molar-refractivity contribution in [1.29, 1.82) is 0 Å². The predicted molar refractivity (Wildman–Crippen MR) is 31.2 cm³/mol. The molecule has 0 amide bonds. The largest absolute Gasteiger partial charge is 0.0802 e. The third kappa shape index (κ3) is 0.948. The van der Waals surface area contributed by atoms with E-state index in [9.17, 15) is 0 Å². The molecular formula is C5H7P. The summed E-state index contributed by atoms with van der Waals surface area (Å²) < 4.78 is 0. The second-order valence-corrected chi connectivity index (χ2v) is 2.21. The molecule has 0 spiro atoms. The van der Waals surface area contributed by atoms with Gasteiger partial charge in [0.05, 0.1) is 0 Å². The van der Waals surface area contributed by atoms with Gasteiger partial charge < -0.3 is 0 Å². The van der Waals surface area contributed by atoms with Crippen molar-refractivity contribution in [2.24, 2.45) is 0 Å². The maximum absolute atomic E-state index is 2.21.